The summed E-state index contributed by atoms with van der Waals surface area (Å²) in [5.41, 5.74) is 0.858. The number of aliphatic hydroxyl groups is 1. The van der Waals surface area contributed by atoms with Gasteiger partial charge in [-0.2, -0.15) is 0 Å². The van der Waals surface area contributed by atoms with Gasteiger partial charge >= 0.3 is 0 Å². The van der Waals surface area contributed by atoms with E-state index in [4.69, 9.17) is 9.47 Å². The highest BCUT2D eigenvalue weighted by Gasteiger charge is 2.26. The first-order chi connectivity index (χ1) is 9.78. The molecule has 0 amide bonds. The zero-order chi connectivity index (χ0) is 14.4. The van der Waals surface area contributed by atoms with Gasteiger partial charge in [0.1, 0.15) is 6.10 Å². The highest BCUT2D eigenvalue weighted by Crippen LogP contribution is 2.35. The Hall–Kier alpha value is -1.22. The van der Waals surface area contributed by atoms with Gasteiger partial charge in [0.05, 0.1) is 13.2 Å². The predicted octanol–water partition coefficient (Wildman–Crippen LogP) is 3.93. The van der Waals surface area contributed by atoms with Gasteiger partial charge in [-0.05, 0) is 56.2 Å². The van der Waals surface area contributed by atoms with Crippen LogP contribution in [-0.4, -0.2) is 17.8 Å². The van der Waals surface area contributed by atoms with Gasteiger partial charge in [0.15, 0.2) is 11.5 Å². The second-order valence-corrected chi connectivity index (χ2v) is 5.48. The Kier molecular flexibility index (Phi) is 5.72. The van der Waals surface area contributed by atoms with E-state index in [0.29, 0.717) is 18.6 Å². The standard InChI is InChI=1S/C17H26O3/c1-3-14-7-5-6-8-15(14)20-16-10-9-13(12-18)11-17(16)19-4-2/h9-11,14-15,18H,3-8,12H2,1-2H3. The number of benzene rings is 1. The minimum atomic E-state index is 0.0291. The predicted molar refractivity (Wildman–Crippen MR) is 80.2 cm³/mol. The van der Waals surface area contributed by atoms with Crippen molar-refractivity contribution < 1.29 is 14.6 Å². The number of hydrogen-bond donors (Lipinski definition) is 1. The number of hydrogen-bond acceptors (Lipinski definition) is 3. The van der Waals surface area contributed by atoms with E-state index in [1.165, 1.54) is 25.7 Å². The van der Waals surface area contributed by atoms with Gasteiger partial charge in [-0.25, -0.2) is 0 Å². The second-order valence-electron chi connectivity index (χ2n) is 5.48. The fourth-order valence-electron chi connectivity index (χ4n) is 2.98. The molecule has 0 heterocycles. The summed E-state index contributed by atoms with van der Waals surface area (Å²) in [6, 6.07) is 5.71. The van der Waals surface area contributed by atoms with Crippen molar-refractivity contribution in [3.05, 3.63) is 23.8 Å². The van der Waals surface area contributed by atoms with Crippen LogP contribution in [0.4, 0.5) is 0 Å². The molecule has 112 valence electrons. The maximum atomic E-state index is 9.23. The summed E-state index contributed by atoms with van der Waals surface area (Å²) in [6.45, 7) is 4.84. The molecular weight excluding hydrogens is 252 g/mol. The normalized spacial score (nSPS) is 22.6. The van der Waals surface area contributed by atoms with Crippen molar-refractivity contribution in [3.63, 3.8) is 0 Å². The molecule has 0 radical (unpaired) electrons. The van der Waals surface area contributed by atoms with E-state index < -0.39 is 0 Å². The van der Waals surface area contributed by atoms with E-state index in [9.17, 15) is 5.11 Å². The molecule has 1 aromatic carbocycles. The summed E-state index contributed by atoms with van der Waals surface area (Å²) in [5, 5.41) is 9.23. The molecule has 1 saturated carbocycles. The Morgan fingerprint density at radius 1 is 1.15 bits per heavy atom. The molecule has 3 heteroatoms. The van der Waals surface area contributed by atoms with Gasteiger partial charge < -0.3 is 14.6 Å². The van der Waals surface area contributed by atoms with Crippen LogP contribution >= 0.6 is 0 Å². The average Bonchev–Trinajstić information content (AvgIpc) is 2.49. The van der Waals surface area contributed by atoms with Crippen LogP contribution in [0.3, 0.4) is 0 Å². The lowest BCUT2D eigenvalue weighted by Gasteiger charge is -2.31. The SMILES string of the molecule is CCOc1cc(CO)ccc1OC1CCCCC1CC. The van der Waals surface area contributed by atoms with Crippen molar-refractivity contribution in [3.8, 4) is 11.5 Å². The van der Waals surface area contributed by atoms with Crippen molar-refractivity contribution in [2.75, 3.05) is 6.61 Å². The lowest BCUT2D eigenvalue weighted by molar-refractivity contribution is 0.0864. The first-order valence-electron chi connectivity index (χ1n) is 7.81. The van der Waals surface area contributed by atoms with E-state index >= 15 is 0 Å². The Morgan fingerprint density at radius 2 is 1.95 bits per heavy atom. The van der Waals surface area contributed by atoms with E-state index in [-0.39, 0.29) is 6.61 Å². The summed E-state index contributed by atoms with van der Waals surface area (Å²) in [7, 11) is 0. The zero-order valence-corrected chi connectivity index (χ0v) is 12.6. The first kappa shape index (κ1) is 15.2. The number of rotatable bonds is 6. The Morgan fingerprint density at radius 3 is 2.65 bits per heavy atom. The summed E-state index contributed by atoms with van der Waals surface area (Å²) in [4.78, 5) is 0. The summed E-state index contributed by atoms with van der Waals surface area (Å²) >= 11 is 0. The molecule has 0 spiro atoms. The Bertz CT molecular complexity index is 417. The minimum absolute atomic E-state index is 0.0291. The van der Waals surface area contributed by atoms with Gasteiger partial charge in [0.25, 0.3) is 0 Å². The molecule has 1 aliphatic carbocycles. The van der Waals surface area contributed by atoms with Crippen LogP contribution in [0.25, 0.3) is 0 Å². The maximum Gasteiger partial charge on any atom is 0.161 e. The summed E-state index contributed by atoms with van der Waals surface area (Å²) < 4.78 is 11.9. The molecule has 1 fully saturated rings. The van der Waals surface area contributed by atoms with E-state index in [1.54, 1.807) is 0 Å². The second kappa shape index (κ2) is 7.53. The fraction of sp³-hybridized carbons (Fsp3) is 0.647. The average molecular weight is 278 g/mol. The van der Waals surface area contributed by atoms with Crippen molar-refractivity contribution in [2.24, 2.45) is 5.92 Å². The quantitative estimate of drug-likeness (QED) is 0.857. The van der Waals surface area contributed by atoms with Crippen molar-refractivity contribution >= 4 is 0 Å². The first-order valence-corrected chi connectivity index (χ1v) is 7.81. The molecule has 3 nitrogen and oxygen atoms in total. The maximum absolute atomic E-state index is 9.23. The third-order valence-electron chi connectivity index (χ3n) is 4.13. The molecule has 0 saturated heterocycles. The van der Waals surface area contributed by atoms with Crippen LogP contribution < -0.4 is 9.47 Å². The Labute approximate surface area is 121 Å². The minimum Gasteiger partial charge on any atom is -0.490 e. The zero-order valence-electron chi connectivity index (χ0n) is 12.6. The van der Waals surface area contributed by atoms with Gasteiger partial charge in [0.2, 0.25) is 0 Å². The topological polar surface area (TPSA) is 38.7 Å². The monoisotopic (exact) mass is 278 g/mol. The molecule has 1 N–H and O–H groups in total. The molecule has 0 aliphatic heterocycles. The van der Waals surface area contributed by atoms with Crippen LogP contribution in [0.2, 0.25) is 0 Å². The van der Waals surface area contributed by atoms with Crippen molar-refractivity contribution in [1.29, 1.82) is 0 Å². The van der Waals surface area contributed by atoms with Crippen LogP contribution in [0, 0.1) is 5.92 Å². The number of ether oxygens (including phenoxy) is 2. The molecular formula is C17H26O3. The third kappa shape index (κ3) is 3.66. The summed E-state index contributed by atoms with van der Waals surface area (Å²) in [6.07, 6.45) is 6.43. The van der Waals surface area contributed by atoms with Gasteiger partial charge in [0, 0.05) is 0 Å². The summed E-state index contributed by atoms with van der Waals surface area (Å²) in [5.74, 6) is 2.21. The van der Waals surface area contributed by atoms with Gasteiger partial charge in [-0.1, -0.05) is 19.4 Å². The van der Waals surface area contributed by atoms with Crippen LogP contribution in [0.15, 0.2) is 18.2 Å². The molecule has 1 aliphatic rings. The van der Waals surface area contributed by atoms with Crippen molar-refractivity contribution in [1.82, 2.24) is 0 Å². The molecule has 20 heavy (non-hydrogen) atoms. The van der Waals surface area contributed by atoms with Crippen LogP contribution in [0.1, 0.15) is 51.5 Å². The lowest BCUT2D eigenvalue weighted by Crippen LogP contribution is -2.30. The molecule has 0 aromatic heterocycles. The lowest BCUT2D eigenvalue weighted by atomic mass is 9.85. The molecule has 1 aromatic rings. The van der Waals surface area contributed by atoms with Crippen molar-refractivity contribution in [2.45, 2.75) is 58.7 Å². The molecule has 2 unspecified atom stereocenters. The highest BCUT2D eigenvalue weighted by molar-refractivity contribution is 5.43. The Balaban J connectivity index is 2.14. The molecule has 0 bridgehead atoms. The van der Waals surface area contributed by atoms with Crippen LogP contribution in [0.5, 0.6) is 11.5 Å². The smallest absolute Gasteiger partial charge is 0.161 e. The fourth-order valence-corrected chi connectivity index (χ4v) is 2.98. The third-order valence-corrected chi connectivity index (χ3v) is 4.13. The molecule has 2 rings (SSSR count). The van der Waals surface area contributed by atoms with Gasteiger partial charge in [-0.3, -0.25) is 0 Å². The largest absolute Gasteiger partial charge is 0.490 e. The number of aliphatic hydroxyl groups excluding tert-OH is 1. The van der Waals surface area contributed by atoms with Gasteiger partial charge in [-0.15, -0.1) is 0 Å². The van der Waals surface area contributed by atoms with E-state index in [0.717, 1.165) is 23.5 Å². The van der Waals surface area contributed by atoms with Crippen LogP contribution in [-0.2, 0) is 6.61 Å². The van der Waals surface area contributed by atoms with E-state index in [1.807, 2.05) is 25.1 Å². The molecule has 2 atom stereocenters. The highest BCUT2D eigenvalue weighted by atomic mass is 16.5. The van der Waals surface area contributed by atoms with E-state index in [2.05, 4.69) is 6.92 Å².